The van der Waals surface area contributed by atoms with Gasteiger partial charge in [-0.15, -0.1) is 0 Å². The number of benzene rings is 1. The summed E-state index contributed by atoms with van der Waals surface area (Å²) in [6.45, 7) is 2.08. The number of hydrogen-bond donors (Lipinski definition) is 1. The number of carbonyl (C=O) groups is 1. The van der Waals surface area contributed by atoms with Crippen molar-refractivity contribution in [1.82, 2.24) is 9.29 Å². The molecule has 172 valence electrons. The second-order valence-electron chi connectivity index (χ2n) is 7.26. The van der Waals surface area contributed by atoms with E-state index < -0.39 is 32.6 Å². The molecule has 0 unspecified atom stereocenters. The van der Waals surface area contributed by atoms with Crippen LogP contribution in [0.5, 0.6) is 0 Å². The normalized spacial score (nSPS) is 16.9. The molecule has 1 aliphatic heterocycles. The van der Waals surface area contributed by atoms with Crippen molar-refractivity contribution in [3.05, 3.63) is 53.2 Å². The molecule has 1 aromatic heterocycles. The number of nitrogens with zero attached hydrogens (tertiary/aromatic N) is 2. The Kier molecular flexibility index (Phi) is 6.72. The second-order valence-corrected chi connectivity index (χ2v) is 9.31. The summed E-state index contributed by atoms with van der Waals surface area (Å²) in [7, 11) is -2.94. The van der Waals surface area contributed by atoms with Gasteiger partial charge in [0.25, 0.3) is 0 Å². The van der Waals surface area contributed by atoms with Crippen LogP contribution in [0.3, 0.4) is 0 Å². The predicted molar refractivity (Wildman–Crippen MR) is 110 cm³/mol. The summed E-state index contributed by atoms with van der Waals surface area (Å²) in [5.74, 6) is -1.13. The number of carboxylic acid groups (broad SMARTS) is 1. The molecular formula is C21H21F3N2O5S. The van der Waals surface area contributed by atoms with Crippen molar-refractivity contribution in [2.45, 2.75) is 30.5 Å². The number of hydrogen-bond acceptors (Lipinski definition) is 5. The number of aromatic nitrogens is 1. The molecule has 3 rings (SSSR count). The number of alkyl halides is 3. The second kappa shape index (κ2) is 9.00. The van der Waals surface area contributed by atoms with Crippen molar-refractivity contribution >= 4 is 22.1 Å². The first kappa shape index (κ1) is 23.9. The molecule has 0 aliphatic carbocycles. The molecule has 1 N–H and O–H groups in total. The van der Waals surface area contributed by atoms with E-state index in [0.717, 1.165) is 16.4 Å². The Bertz CT molecular complexity index is 1160. The first-order chi connectivity index (χ1) is 14.9. The van der Waals surface area contributed by atoms with Crippen LogP contribution < -0.4 is 0 Å². The van der Waals surface area contributed by atoms with Crippen LogP contribution in [0.25, 0.3) is 17.3 Å². The summed E-state index contributed by atoms with van der Waals surface area (Å²) in [5.41, 5.74) is -0.807. The highest BCUT2D eigenvalue weighted by molar-refractivity contribution is 7.89. The Morgan fingerprint density at radius 2 is 2.00 bits per heavy atom. The predicted octanol–water partition coefficient (Wildman–Crippen LogP) is 3.66. The average Bonchev–Trinajstić information content (AvgIpc) is 3.55. The molecular weight excluding hydrogens is 449 g/mol. The molecule has 1 fully saturated rings. The Hall–Kier alpha value is -2.76. The topological polar surface area (TPSA) is 100 Å². The first-order valence-corrected chi connectivity index (χ1v) is 11.1. The van der Waals surface area contributed by atoms with Gasteiger partial charge in [0.15, 0.2) is 0 Å². The van der Waals surface area contributed by atoms with E-state index in [1.165, 1.54) is 31.3 Å². The molecule has 11 heteroatoms. The Labute approximate surface area is 183 Å². The van der Waals surface area contributed by atoms with Gasteiger partial charge in [0, 0.05) is 24.7 Å². The minimum atomic E-state index is -4.78. The van der Waals surface area contributed by atoms with E-state index in [4.69, 9.17) is 4.74 Å². The summed E-state index contributed by atoms with van der Waals surface area (Å²) in [6, 6.07) is 6.98. The number of rotatable bonds is 8. The minimum absolute atomic E-state index is 0.0292. The van der Waals surface area contributed by atoms with Gasteiger partial charge in [-0.3, -0.25) is 0 Å². The molecule has 0 bridgehead atoms. The van der Waals surface area contributed by atoms with Gasteiger partial charge in [-0.05, 0) is 42.8 Å². The summed E-state index contributed by atoms with van der Waals surface area (Å²) >= 11 is 0. The number of ether oxygens (including phenoxy) is 1. The average molecular weight is 470 g/mol. The lowest BCUT2D eigenvalue weighted by molar-refractivity contribution is -0.137. The molecule has 7 nitrogen and oxygen atoms in total. The quantitative estimate of drug-likeness (QED) is 0.467. The van der Waals surface area contributed by atoms with E-state index in [2.05, 4.69) is 4.98 Å². The summed E-state index contributed by atoms with van der Waals surface area (Å²) < 4.78 is 72.4. The van der Waals surface area contributed by atoms with E-state index in [1.54, 1.807) is 6.92 Å². The number of sulfonamides is 1. The number of pyridine rings is 1. The lowest BCUT2D eigenvalue weighted by Gasteiger charge is -2.18. The van der Waals surface area contributed by atoms with Gasteiger partial charge in [0.05, 0.1) is 34.6 Å². The highest BCUT2D eigenvalue weighted by atomic mass is 32.2. The SMILES string of the molecule is CCC(=Cc1cccc(-c2cc(C(F)(F)F)cc(S(=O)(=O)N(C)C[C@H]3CO3)c2)n1)C(=O)O. The van der Waals surface area contributed by atoms with Crippen LogP contribution in [0.2, 0.25) is 0 Å². The number of aliphatic carboxylic acids is 1. The maximum atomic E-state index is 13.5. The Balaban J connectivity index is 2.10. The van der Waals surface area contributed by atoms with E-state index >= 15 is 0 Å². The molecule has 0 saturated carbocycles. The fourth-order valence-corrected chi connectivity index (χ4v) is 4.26. The maximum absolute atomic E-state index is 13.5. The van der Waals surface area contributed by atoms with Crippen LogP contribution in [0, 0.1) is 0 Å². The highest BCUT2D eigenvalue weighted by Crippen LogP contribution is 2.35. The Morgan fingerprint density at radius 1 is 1.31 bits per heavy atom. The monoisotopic (exact) mass is 470 g/mol. The third-order valence-corrected chi connectivity index (χ3v) is 6.65. The van der Waals surface area contributed by atoms with Crippen molar-refractivity contribution in [1.29, 1.82) is 0 Å². The molecule has 1 aromatic carbocycles. The third kappa shape index (κ3) is 5.53. The standard InChI is InChI=1S/C21H21F3N2O5S/c1-3-13(20(27)28)8-16-5-4-6-19(25-16)14-7-15(21(22,23)24)10-18(9-14)32(29,30)26(2)11-17-12-31-17/h4-10,17H,3,11-12H2,1-2H3,(H,27,28)/t17-/m0/s1. The van der Waals surface area contributed by atoms with Crippen LogP contribution >= 0.6 is 0 Å². The van der Waals surface area contributed by atoms with Crippen molar-refractivity contribution in [2.24, 2.45) is 0 Å². The van der Waals surface area contributed by atoms with E-state index in [1.807, 2.05) is 0 Å². The number of halogens is 3. The van der Waals surface area contributed by atoms with Gasteiger partial charge >= 0.3 is 12.1 Å². The van der Waals surface area contributed by atoms with Gasteiger partial charge < -0.3 is 9.84 Å². The molecule has 1 atom stereocenters. The smallest absolute Gasteiger partial charge is 0.416 e. The lowest BCUT2D eigenvalue weighted by atomic mass is 10.1. The van der Waals surface area contributed by atoms with E-state index in [-0.39, 0.29) is 41.6 Å². The van der Waals surface area contributed by atoms with Crippen molar-refractivity contribution in [2.75, 3.05) is 20.2 Å². The van der Waals surface area contributed by atoms with Crippen LogP contribution in [0.4, 0.5) is 13.2 Å². The highest BCUT2D eigenvalue weighted by Gasteiger charge is 2.35. The fraction of sp³-hybridized carbons (Fsp3) is 0.333. The fourth-order valence-electron chi connectivity index (χ4n) is 2.98. The zero-order chi connectivity index (χ0) is 23.7. The maximum Gasteiger partial charge on any atom is 0.416 e. The molecule has 1 saturated heterocycles. The van der Waals surface area contributed by atoms with Gasteiger partial charge in [0.2, 0.25) is 10.0 Å². The van der Waals surface area contributed by atoms with Crippen LogP contribution in [0.1, 0.15) is 24.6 Å². The number of likely N-dealkylation sites (N-methyl/N-ethyl adjacent to an activating group) is 1. The largest absolute Gasteiger partial charge is 0.478 e. The van der Waals surface area contributed by atoms with Gasteiger partial charge in [-0.25, -0.2) is 18.2 Å². The van der Waals surface area contributed by atoms with Gasteiger partial charge in [-0.2, -0.15) is 17.5 Å². The number of carboxylic acids is 1. The molecule has 1 aliphatic rings. The molecule has 32 heavy (non-hydrogen) atoms. The van der Waals surface area contributed by atoms with E-state index in [9.17, 15) is 31.5 Å². The van der Waals surface area contributed by atoms with Crippen LogP contribution in [0.15, 0.2) is 46.9 Å². The zero-order valence-electron chi connectivity index (χ0n) is 17.3. The molecule has 0 amide bonds. The first-order valence-electron chi connectivity index (χ1n) is 9.63. The Morgan fingerprint density at radius 3 is 2.56 bits per heavy atom. The van der Waals surface area contributed by atoms with Crippen molar-refractivity contribution < 1.29 is 36.2 Å². The molecule has 0 radical (unpaired) electrons. The zero-order valence-corrected chi connectivity index (χ0v) is 18.1. The van der Waals surface area contributed by atoms with Crippen molar-refractivity contribution in [3.63, 3.8) is 0 Å². The van der Waals surface area contributed by atoms with Crippen LogP contribution in [-0.2, 0) is 25.7 Å². The van der Waals surface area contributed by atoms with Gasteiger partial charge in [-0.1, -0.05) is 13.0 Å². The van der Waals surface area contributed by atoms with Gasteiger partial charge in [0.1, 0.15) is 0 Å². The minimum Gasteiger partial charge on any atom is -0.478 e. The number of epoxide rings is 1. The van der Waals surface area contributed by atoms with E-state index in [0.29, 0.717) is 12.7 Å². The summed E-state index contributed by atoms with van der Waals surface area (Å²) in [6.07, 6.45) is -3.51. The summed E-state index contributed by atoms with van der Waals surface area (Å²) in [4.78, 5) is 15.0. The molecule has 0 spiro atoms. The molecule has 2 heterocycles. The third-order valence-electron chi connectivity index (χ3n) is 4.85. The molecule has 2 aromatic rings. The van der Waals surface area contributed by atoms with Crippen molar-refractivity contribution in [3.8, 4) is 11.3 Å². The van der Waals surface area contributed by atoms with Crippen LogP contribution in [-0.4, -0.2) is 55.1 Å². The summed E-state index contributed by atoms with van der Waals surface area (Å²) in [5, 5.41) is 9.19. The lowest BCUT2D eigenvalue weighted by Crippen LogP contribution is -2.30.